The van der Waals surface area contributed by atoms with Gasteiger partial charge >= 0.3 is 0 Å². The van der Waals surface area contributed by atoms with Crippen LogP contribution in [-0.4, -0.2) is 30.1 Å². The van der Waals surface area contributed by atoms with Crippen LogP contribution in [0.2, 0.25) is 0 Å². The van der Waals surface area contributed by atoms with Crippen molar-refractivity contribution < 1.29 is 4.39 Å². The van der Waals surface area contributed by atoms with Gasteiger partial charge in [0.2, 0.25) is 0 Å². The molecule has 0 atom stereocenters. The molecule has 7 heteroatoms. The van der Waals surface area contributed by atoms with E-state index < -0.39 is 0 Å². The van der Waals surface area contributed by atoms with Crippen LogP contribution in [0, 0.1) is 12.7 Å². The van der Waals surface area contributed by atoms with Gasteiger partial charge in [-0.3, -0.25) is 10.1 Å². The lowest BCUT2D eigenvalue weighted by molar-refractivity contribution is 0.627. The summed E-state index contributed by atoms with van der Waals surface area (Å²) in [5, 5.41) is 9.40. The van der Waals surface area contributed by atoms with Crippen LogP contribution >= 0.6 is 0 Å². The molecule has 0 saturated carbocycles. The summed E-state index contributed by atoms with van der Waals surface area (Å²) in [6.45, 7) is 8.18. The molecule has 2 N–H and O–H groups in total. The lowest BCUT2D eigenvalue weighted by atomic mass is 10.0. The summed E-state index contributed by atoms with van der Waals surface area (Å²) in [5.74, 6) is 0.278. The van der Waals surface area contributed by atoms with E-state index in [1.807, 2.05) is 56.6 Å². The van der Waals surface area contributed by atoms with E-state index in [0.29, 0.717) is 17.2 Å². The molecule has 0 aliphatic carbocycles. The first-order chi connectivity index (χ1) is 20.0. The van der Waals surface area contributed by atoms with E-state index in [9.17, 15) is 4.39 Å². The number of hydrogen-bond acceptors (Lipinski definition) is 4. The van der Waals surface area contributed by atoms with Gasteiger partial charge in [0.15, 0.2) is 11.5 Å². The minimum Gasteiger partial charge on any atom is -0.335 e. The van der Waals surface area contributed by atoms with Gasteiger partial charge in [-0.2, -0.15) is 5.10 Å². The van der Waals surface area contributed by atoms with E-state index in [1.165, 1.54) is 17.7 Å². The number of imidazole rings is 1. The maximum absolute atomic E-state index is 14.2. The first-order valence-corrected chi connectivity index (χ1v) is 13.5. The predicted octanol–water partition coefficient (Wildman–Crippen LogP) is 5.94. The van der Waals surface area contributed by atoms with Crippen LogP contribution in [0.25, 0.3) is 51.5 Å². The second-order valence-corrected chi connectivity index (χ2v) is 10.1. The number of nitrogens with zero attached hydrogens (tertiary/aromatic N) is 4. The number of nitrogens with one attached hydrogen (secondary N) is 2. The molecule has 2 aromatic carbocycles. The molecule has 0 spiro atoms. The van der Waals surface area contributed by atoms with Gasteiger partial charge in [-0.05, 0) is 90.4 Å². The standard InChI is InChI=1S/C34H29FN6/c1-4-30-29(16-22(3)26-17-24(19-36-20-26)11-10-23-8-6-5-7-9-23)32(41-40-30)34-38-31-28(12-13-37-33(31)39-34)25-14-21(2)15-27(35)18-25/h4-9,12-20,40H,3,10-11H2,1-2H3,(H,37,38,39)/b29-16+,30-4+. The van der Waals surface area contributed by atoms with Crippen molar-refractivity contribution in [3.63, 3.8) is 0 Å². The summed E-state index contributed by atoms with van der Waals surface area (Å²) in [6.07, 6.45) is 11.2. The predicted molar refractivity (Wildman–Crippen MR) is 163 cm³/mol. The number of aryl methyl sites for hydroxylation is 3. The maximum Gasteiger partial charge on any atom is 0.178 e. The summed E-state index contributed by atoms with van der Waals surface area (Å²) in [4.78, 5) is 17.1. The third-order valence-corrected chi connectivity index (χ3v) is 7.12. The minimum atomic E-state index is -0.283. The van der Waals surface area contributed by atoms with Gasteiger partial charge in [0.05, 0.1) is 10.9 Å². The van der Waals surface area contributed by atoms with Crippen molar-refractivity contribution >= 4 is 28.9 Å². The average molecular weight is 541 g/mol. The van der Waals surface area contributed by atoms with Crippen molar-refractivity contribution in [1.29, 1.82) is 0 Å². The molecular formula is C34H29FN6. The first kappa shape index (κ1) is 26.1. The number of allylic oxidation sites excluding steroid dienone is 1. The molecule has 0 radical (unpaired) electrons. The number of aromatic amines is 2. The Morgan fingerprint density at radius 1 is 1.00 bits per heavy atom. The first-order valence-electron chi connectivity index (χ1n) is 13.5. The topological polar surface area (TPSA) is 83.1 Å². The van der Waals surface area contributed by atoms with Crippen LogP contribution in [0.15, 0.2) is 85.8 Å². The number of H-pyrrole nitrogens is 2. The Hall–Kier alpha value is -5.17. The number of pyridine rings is 2. The highest BCUT2D eigenvalue weighted by atomic mass is 19.1. The van der Waals surface area contributed by atoms with Gasteiger partial charge in [-0.1, -0.05) is 49.1 Å². The van der Waals surface area contributed by atoms with E-state index >= 15 is 0 Å². The third-order valence-electron chi connectivity index (χ3n) is 7.12. The van der Waals surface area contributed by atoms with E-state index in [1.54, 1.807) is 6.20 Å². The van der Waals surface area contributed by atoms with Crippen LogP contribution in [0.4, 0.5) is 4.39 Å². The molecule has 6 aromatic rings. The fraction of sp³-hybridized carbons (Fsp3) is 0.118. The van der Waals surface area contributed by atoms with Crippen LogP contribution < -0.4 is 10.6 Å². The van der Waals surface area contributed by atoms with Crippen molar-refractivity contribution in [3.8, 4) is 22.6 Å². The van der Waals surface area contributed by atoms with Crippen LogP contribution in [0.3, 0.4) is 0 Å². The lowest BCUT2D eigenvalue weighted by Gasteiger charge is -2.05. The molecule has 6 nitrogen and oxygen atoms in total. The Bertz CT molecular complexity index is 1980. The number of benzene rings is 2. The quantitative estimate of drug-likeness (QED) is 0.263. The Morgan fingerprint density at radius 2 is 1.83 bits per heavy atom. The number of aromatic nitrogens is 6. The van der Waals surface area contributed by atoms with Gasteiger partial charge in [-0.25, -0.2) is 14.4 Å². The molecular weight excluding hydrogens is 511 g/mol. The molecule has 0 fully saturated rings. The largest absolute Gasteiger partial charge is 0.335 e. The fourth-order valence-electron chi connectivity index (χ4n) is 5.06. The van der Waals surface area contributed by atoms with Crippen molar-refractivity contribution in [2.75, 3.05) is 0 Å². The van der Waals surface area contributed by atoms with E-state index in [-0.39, 0.29) is 5.82 Å². The second kappa shape index (κ2) is 11.1. The molecule has 4 heterocycles. The zero-order valence-electron chi connectivity index (χ0n) is 22.9. The molecule has 41 heavy (non-hydrogen) atoms. The molecule has 0 aliphatic heterocycles. The van der Waals surface area contributed by atoms with Gasteiger partial charge < -0.3 is 4.98 Å². The van der Waals surface area contributed by atoms with Gasteiger partial charge in [0.25, 0.3) is 0 Å². The Labute approximate surface area is 237 Å². The highest BCUT2D eigenvalue weighted by Gasteiger charge is 2.15. The molecule has 4 aromatic heterocycles. The van der Waals surface area contributed by atoms with E-state index in [4.69, 9.17) is 4.98 Å². The molecule has 0 amide bonds. The molecule has 0 unspecified atom stereocenters. The molecule has 0 saturated heterocycles. The lowest BCUT2D eigenvalue weighted by Crippen LogP contribution is -2.23. The summed E-state index contributed by atoms with van der Waals surface area (Å²) in [6, 6.07) is 19.4. The highest BCUT2D eigenvalue weighted by molar-refractivity contribution is 5.92. The van der Waals surface area contributed by atoms with Crippen molar-refractivity contribution in [1.82, 2.24) is 30.1 Å². The summed E-state index contributed by atoms with van der Waals surface area (Å²) in [5.41, 5.74) is 8.53. The zero-order chi connectivity index (χ0) is 28.3. The molecule has 6 rings (SSSR count). The second-order valence-electron chi connectivity index (χ2n) is 10.1. The normalized spacial score (nSPS) is 12.4. The highest BCUT2D eigenvalue weighted by Crippen LogP contribution is 2.29. The SMILES string of the molecule is C=C(/C=c1/c(-c2nc3nccc(-c4cc(C)cc(F)c4)c3[nH]2)n[nH]/c1=C/C)c1cncc(CCc2ccccc2)c1. The van der Waals surface area contributed by atoms with Gasteiger partial charge in [0.1, 0.15) is 11.5 Å². The smallest absolute Gasteiger partial charge is 0.178 e. The maximum atomic E-state index is 14.2. The summed E-state index contributed by atoms with van der Waals surface area (Å²) in [7, 11) is 0. The van der Waals surface area contributed by atoms with E-state index in [0.717, 1.165) is 62.3 Å². The van der Waals surface area contributed by atoms with Crippen molar-refractivity contribution in [2.24, 2.45) is 0 Å². The molecule has 0 bridgehead atoms. The fourth-order valence-corrected chi connectivity index (χ4v) is 5.06. The number of fused-ring (bicyclic) bond motifs is 1. The monoisotopic (exact) mass is 540 g/mol. The van der Waals surface area contributed by atoms with Crippen LogP contribution in [-0.2, 0) is 12.8 Å². The van der Waals surface area contributed by atoms with Crippen molar-refractivity contribution in [2.45, 2.75) is 26.7 Å². The number of rotatable bonds is 7. The Morgan fingerprint density at radius 3 is 2.63 bits per heavy atom. The molecule has 202 valence electrons. The summed E-state index contributed by atoms with van der Waals surface area (Å²) >= 11 is 0. The van der Waals surface area contributed by atoms with E-state index in [2.05, 4.69) is 62.1 Å². The van der Waals surface area contributed by atoms with Crippen molar-refractivity contribution in [3.05, 3.63) is 124 Å². The number of halogens is 1. The third kappa shape index (κ3) is 5.47. The van der Waals surface area contributed by atoms with Gasteiger partial charge in [-0.15, -0.1) is 0 Å². The summed E-state index contributed by atoms with van der Waals surface area (Å²) < 4.78 is 14.2. The Kier molecular flexibility index (Phi) is 7.08. The molecule has 0 aliphatic rings. The Balaban J connectivity index is 1.36. The number of hydrogen-bond donors (Lipinski definition) is 2. The minimum absolute atomic E-state index is 0.283. The van der Waals surface area contributed by atoms with Gasteiger partial charge in [0, 0.05) is 29.4 Å². The average Bonchev–Trinajstić information content (AvgIpc) is 3.60. The van der Waals surface area contributed by atoms with Crippen LogP contribution in [0.5, 0.6) is 0 Å². The van der Waals surface area contributed by atoms with Crippen LogP contribution in [0.1, 0.15) is 29.2 Å². The zero-order valence-corrected chi connectivity index (χ0v) is 22.9.